The summed E-state index contributed by atoms with van der Waals surface area (Å²) in [5.74, 6) is -0.105. The molecule has 0 spiro atoms. The molecule has 9 heteroatoms. The SMILES string of the molecule is CCCOc1ccc(C2C(C(=O)/C=C/c3ccccc3)=C(O)C(=O)N2c2nc3ccc(OC)cc3s2)cc1OCC. The molecule has 0 saturated heterocycles. The van der Waals surface area contributed by atoms with Gasteiger partial charge in [0, 0.05) is 0 Å². The van der Waals surface area contributed by atoms with Crippen molar-refractivity contribution in [3.63, 3.8) is 0 Å². The summed E-state index contributed by atoms with van der Waals surface area (Å²) in [6.07, 6.45) is 3.85. The van der Waals surface area contributed by atoms with Crippen molar-refractivity contribution >= 4 is 44.5 Å². The van der Waals surface area contributed by atoms with Crippen LogP contribution in [-0.2, 0) is 9.59 Å². The third-order valence-electron chi connectivity index (χ3n) is 6.54. The number of nitrogens with zero attached hydrogens (tertiary/aromatic N) is 2. The number of aliphatic hydroxyl groups is 1. The largest absolute Gasteiger partial charge is 0.503 e. The molecule has 1 aliphatic rings. The van der Waals surface area contributed by atoms with Crippen molar-refractivity contribution in [2.75, 3.05) is 25.2 Å². The molecule has 2 heterocycles. The summed E-state index contributed by atoms with van der Waals surface area (Å²) in [6.45, 7) is 4.79. The van der Waals surface area contributed by atoms with E-state index < -0.39 is 23.5 Å². The van der Waals surface area contributed by atoms with E-state index in [9.17, 15) is 14.7 Å². The minimum Gasteiger partial charge on any atom is -0.503 e. The predicted octanol–water partition coefficient (Wildman–Crippen LogP) is 6.67. The molecule has 1 N–H and O–H groups in total. The van der Waals surface area contributed by atoms with Crippen LogP contribution in [0.3, 0.4) is 0 Å². The van der Waals surface area contributed by atoms with Crippen molar-refractivity contribution < 1.29 is 28.9 Å². The molecular weight excluding hydrogens is 540 g/mol. The van der Waals surface area contributed by atoms with Crippen LogP contribution in [0.2, 0.25) is 0 Å². The van der Waals surface area contributed by atoms with Crippen LogP contribution < -0.4 is 19.1 Å². The summed E-state index contributed by atoms with van der Waals surface area (Å²) in [6, 6.07) is 19.1. The lowest BCUT2D eigenvalue weighted by Crippen LogP contribution is -2.30. The summed E-state index contributed by atoms with van der Waals surface area (Å²) < 4.78 is 17.9. The Morgan fingerprint density at radius 2 is 1.85 bits per heavy atom. The first kappa shape index (κ1) is 27.9. The predicted molar refractivity (Wildman–Crippen MR) is 160 cm³/mol. The Bertz CT molecular complexity index is 1640. The second-order valence-electron chi connectivity index (χ2n) is 9.27. The molecule has 0 radical (unpaired) electrons. The lowest BCUT2D eigenvalue weighted by atomic mass is 9.95. The molecule has 1 atom stereocenters. The van der Waals surface area contributed by atoms with Crippen molar-refractivity contribution in [2.45, 2.75) is 26.3 Å². The molecule has 0 fully saturated rings. The average Bonchev–Trinajstić information content (AvgIpc) is 3.53. The van der Waals surface area contributed by atoms with Gasteiger partial charge < -0.3 is 19.3 Å². The Morgan fingerprint density at radius 3 is 2.59 bits per heavy atom. The zero-order valence-corrected chi connectivity index (χ0v) is 23.8. The van der Waals surface area contributed by atoms with Crippen molar-refractivity contribution in [3.05, 3.63) is 95.3 Å². The van der Waals surface area contributed by atoms with Gasteiger partial charge in [-0.25, -0.2) is 4.98 Å². The second-order valence-corrected chi connectivity index (χ2v) is 10.3. The Kier molecular flexibility index (Phi) is 8.35. The van der Waals surface area contributed by atoms with E-state index in [1.807, 2.05) is 50.2 Å². The van der Waals surface area contributed by atoms with E-state index in [1.165, 1.54) is 22.3 Å². The molecule has 41 heavy (non-hydrogen) atoms. The highest BCUT2D eigenvalue weighted by molar-refractivity contribution is 7.22. The number of methoxy groups -OCH3 is 1. The van der Waals surface area contributed by atoms with Crippen LogP contribution in [0.4, 0.5) is 5.13 Å². The van der Waals surface area contributed by atoms with E-state index in [0.29, 0.717) is 46.7 Å². The summed E-state index contributed by atoms with van der Waals surface area (Å²) in [5.41, 5.74) is 2.01. The molecule has 8 nitrogen and oxygen atoms in total. The van der Waals surface area contributed by atoms with Gasteiger partial charge in [-0.05, 0) is 60.9 Å². The van der Waals surface area contributed by atoms with Crippen LogP contribution in [0.5, 0.6) is 17.2 Å². The topological polar surface area (TPSA) is 98.2 Å². The highest BCUT2D eigenvalue weighted by atomic mass is 32.1. The second kappa shape index (κ2) is 12.3. The van der Waals surface area contributed by atoms with Gasteiger partial charge in [0.25, 0.3) is 5.91 Å². The normalized spacial score (nSPS) is 15.2. The summed E-state index contributed by atoms with van der Waals surface area (Å²) in [7, 11) is 1.58. The number of ketones is 1. The van der Waals surface area contributed by atoms with Crippen LogP contribution in [0.25, 0.3) is 16.3 Å². The lowest BCUT2D eigenvalue weighted by molar-refractivity contribution is -0.117. The third kappa shape index (κ3) is 5.67. The van der Waals surface area contributed by atoms with Gasteiger partial charge in [-0.15, -0.1) is 0 Å². The molecule has 1 aliphatic heterocycles. The van der Waals surface area contributed by atoms with Gasteiger partial charge in [0.2, 0.25) is 0 Å². The van der Waals surface area contributed by atoms with Crippen LogP contribution in [-0.4, -0.2) is 42.1 Å². The number of anilines is 1. The number of fused-ring (bicyclic) bond motifs is 1. The number of aromatic nitrogens is 1. The van der Waals surface area contributed by atoms with E-state index in [1.54, 1.807) is 43.5 Å². The maximum atomic E-state index is 13.6. The quantitative estimate of drug-likeness (QED) is 0.201. The van der Waals surface area contributed by atoms with E-state index in [-0.39, 0.29) is 5.57 Å². The van der Waals surface area contributed by atoms with Gasteiger partial charge in [0.1, 0.15) is 5.75 Å². The molecule has 210 valence electrons. The molecule has 1 amide bonds. The molecule has 3 aromatic carbocycles. The lowest BCUT2D eigenvalue weighted by Gasteiger charge is -2.25. The van der Waals surface area contributed by atoms with Gasteiger partial charge in [0.15, 0.2) is 28.2 Å². The Balaban J connectivity index is 1.62. The number of hydrogen-bond acceptors (Lipinski definition) is 8. The number of carbonyl (C=O) groups excluding carboxylic acids is 2. The number of allylic oxidation sites excluding steroid dienone is 1. The summed E-state index contributed by atoms with van der Waals surface area (Å²) >= 11 is 1.27. The summed E-state index contributed by atoms with van der Waals surface area (Å²) in [4.78, 5) is 33.3. The highest BCUT2D eigenvalue weighted by Gasteiger charge is 2.45. The number of rotatable bonds is 11. The van der Waals surface area contributed by atoms with Gasteiger partial charge in [0.05, 0.1) is 42.2 Å². The maximum Gasteiger partial charge on any atom is 0.296 e. The number of thiazole rings is 1. The number of benzene rings is 3. The molecular formula is C32H30N2O6S. The fraction of sp³-hybridized carbons (Fsp3) is 0.219. The van der Waals surface area contributed by atoms with Gasteiger partial charge >= 0.3 is 0 Å². The molecule has 4 aromatic rings. The molecule has 5 rings (SSSR count). The van der Waals surface area contributed by atoms with Gasteiger partial charge in [-0.1, -0.05) is 60.7 Å². The monoisotopic (exact) mass is 570 g/mol. The molecule has 0 aliphatic carbocycles. The molecule has 0 bridgehead atoms. The van der Waals surface area contributed by atoms with E-state index in [0.717, 1.165) is 16.7 Å². The number of carbonyl (C=O) groups is 2. The van der Waals surface area contributed by atoms with Crippen molar-refractivity contribution in [1.29, 1.82) is 0 Å². The Morgan fingerprint density at radius 1 is 1.05 bits per heavy atom. The minimum absolute atomic E-state index is 0.0382. The van der Waals surface area contributed by atoms with Crippen molar-refractivity contribution in [3.8, 4) is 17.2 Å². The molecule has 0 saturated carbocycles. The average molecular weight is 571 g/mol. The van der Waals surface area contributed by atoms with E-state index in [2.05, 4.69) is 4.98 Å². The fourth-order valence-corrected chi connectivity index (χ4v) is 5.63. The zero-order chi connectivity index (χ0) is 28.9. The van der Waals surface area contributed by atoms with Crippen LogP contribution in [0.15, 0.2) is 84.1 Å². The van der Waals surface area contributed by atoms with Gasteiger partial charge in [-0.2, -0.15) is 0 Å². The number of ether oxygens (including phenoxy) is 3. The standard InChI is InChI=1S/C32H30N2O6S/c1-4-17-40-25-16-12-21(18-26(25)39-5-2)29-28(24(35)15-11-20-9-7-6-8-10-20)30(36)31(37)34(29)32-33-23-14-13-22(38-3)19-27(23)41-32/h6-16,18-19,29,36H,4-5,17H2,1-3H3/b15-11+. The number of amides is 1. The number of aliphatic hydroxyl groups excluding tert-OH is 1. The Hall–Kier alpha value is -4.63. The first-order chi connectivity index (χ1) is 19.9. The molecule has 1 unspecified atom stereocenters. The highest BCUT2D eigenvalue weighted by Crippen LogP contribution is 2.45. The van der Waals surface area contributed by atoms with E-state index >= 15 is 0 Å². The third-order valence-corrected chi connectivity index (χ3v) is 7.55. The van der Waals surface area contributed by atoms with Crippen molar-refractivity contribution in [2.24, 2.45) is 0 Å². The Labute approximate surface area is 242 Å². The van der Waals surface area contributed by atoms with Crippen molar-refractivity contribution in [1.82, 2.24) is 4.98 Å². The van der Waals surface area contributed by atoms with E-state index in [4.69, 9.17) is 14.2 Å². The van der Waals surface area contributed by atoms with Crippen LogP contribution in [0.1, 0.15) is 37.4 Å². The maximum absolute atomic E-state index is 13.6. The van der Waals surface area contributed by atoms with Gasteiger partial charge in [-0.3, -0.25) is 14.5 Å². The molecule has 1 aromatic heterocycles. The number of hydrogen-bond donors (Lipinski definition) is 1. The fourth-order valence-electron chi connectivity index (χ4n) is 4.61. The smallest absolute Gasteiger partial charge is 0.296 e. The minimum atomic E-state index is -0.947. The van der Waals surface area contributed by atoms with Crippen LogP contribution >= 0.6 is 11.3 Å². The first-order valence-corrected chi connectivity index (χ1v) is 14.1. The summed E-state index contributed by atoms with van der Waals surface area (Å²) in [5, 5.41) is 11.5. The van der Waals surface area contributed by atoms with Crippen LogP contribution in [0, 0.1) is 0 Å². The first-order valence-electron chi connectivity index (χ1n) is 13.3. The zero-order valence-electron chi connectivity index (χ0n) is 23.0.